The average Bonchev–Trinajstić information content (AvgIpc) is 3.83. The summed E-state index contributed by atoms with van der Waals surface area (Å²) in [6.07, 6.45) is 1.27. The first-order valence-electron chi connectivity index (χ1n) is 16.8. The first kappa shape index (κ1) is 40.7. The normalized spacial score (nSPS) is 20.0. The van der Waals surface area contributed by atoms with Crippen LogP contribution >= 0.6 is 11.6 Å². The van der Waals surface area contributed by atoms with E-state index in [0.29, 0.717) is 28.6 Å². The zero-order valence-corrected chi connectivity index (χ0v) is 31.8. The number of carboxylic acids is 1. The third-order valence-electron chi connectivity index (χ3n) is 7.89. The Labute approximate surface area is 310 Å². The molecule has 2 N–H and O–H groups in total. The van der Waals surface area contributed by atoms with E-state index in [1.54, 1.807) is 60.0 Å². The molecule has 17 nitrogen and oxygen atoms in total. The van der Waals surface area contributed by atoms with Crippen molar-refractivity contribution >= 4 is 57.5 Å². The predicted octanol–water partition coefficient (Wildman–Crippen LogP) is 5.50. The second kappa shape index (κ2) is 16.3. The lowest BCUT2D eigenvalue weighted by Gasteiger charge is -2.27. The maximum Gasteiger partial charge on any atom is 0.411 e. The van der Waals surface area contributed by atoms with Gasteiger partial charge in [-0.2, -0.15) is 0 Å². The molecule has 4 aromatic rings. The molecule has 4 atom stereocenters. The van der Waals surface area contributed by atoms with Gasteiger partial charge in [0, 0.05) is 30.6 Å². The lowest BCUT2D eigenvalue weighted by Crippen LogP contribution is -2.43. The number of fused-ring (bicyclic) bond motifs is 2. The number of carbonyl (C=O) groups excluding carboxylic acids is 3. The lowest BCUT2D eigenvalue weighted by molar-refractivity contribution is -0.142. The third kappa shape index (κ3) is 10.5. The Bertz CT molecular complexity index is 1950. The smallest absolute Gasteiger partial charge is 0.411 e. The van der Waals surface area contributed by atoms with E-state index >= 15 is 0 Å². The molecule has 2 fully saturated rings. The molecule has 18 heteroatoms. The van der Waals surface area contributed by atoms with E-state index in [1.165, 1.54) is 11.8 Å². The number of carboxylic acid groups (broad SMARTS) is 1. The summed E-state index contributed by atoms with van der Waals surface area (Å²) in [5, 5.41) is 28.0. The topological polar surface area (TPSA) is 221 Å². The molecule has 4 aromatic heterocycles. The second-order valence-electron chi connectivity index (χ2n) is 14.6. The highest BCUT2D eigenvalue weighted by Crippen LogP contribution is 2.30. The summed E-state index contributed by atoms with van der Waals surface area (Å²) < 4.78 is 26.6. The molecule has 6 rings (SSSR count). The van der Waals surface area contributed by atoms with E-state index in [2.05, 4.69) is 20.3 Å². The van der Waals surface area contributed by atoms with Gasteiger partial charge in [0.1, 0.15) is 23.3 Å². The fraction of sp³-hybridized carbons (Fsp3) is 0.543. The molecule has 2 saturated heterocycles. The molecular formula is C35H45ClN6O11. The summed E-state index contributed by atoms with van der Waals surface area (Å²) in [5.41, 5.74) is 1.29. The van der Waals surface area contributed by atoms with Gasteiger partial charge in [0.2, 0.25) is 11.2 Å². The Hall–Kier alpha value is -5.03. The lowest BCUT2D eigenvalue weighted by atomic mass is 10.1. The molecule has 288 valence electrons. The minimum Gasteiger partial charge on any atom is -0.480 e. The van der Waals surface area contributed by atoms with Crippen molar-refractivity contribution in [3.63, 3.8) is 0 Å². The Morgan fingerprint density at radius 2 is 1.32 bits per heavy atom. The molecule has 0 bridgehead atoms. The largest absolute Gasteiger partial charge is 0.480 e. The van der Waals surface area contributed by atoms with E-state index in [0.717, 1.165) is 27.1 Å². The SMILES string of the molecule is CC(=O)[C@@H]1C[C@@H](Oc2nccc3c(C)noc23)CN1C(=O)OC(C)(C)C.CC(C)(C)OC(=O)N1C[C@H](O)C[C@H]1C(=O)O.Cc1noc2c(Cl)nccc12. The number of halogens is 1. The number of hydrogen-bond donors (Lipinski definition) is 2. The number of nitrogens with zero attached hydrogens (tertiary/aromatic N) is 6. The van der Waals surface area contributed by atoms with Crippen LogP contribution < -0.4 is 4.74 Å². The zero-order chi connectivity index (χ0) is 39.4. The van der Waals surface area contributed by atoms with E-state index < -0.39 is 47.5 Å². The van der Waals surface area contributed by atoms with E-state index in [-0.39, 0.29) is 31.4 Å². The van der Waals surface area contributed by atoms with Crippen molar-refractivity contribution in [3.05, 3.63) is 41.1 Å². The monoisotopic (exact) mass is 760 g/mol. The minimum atomic E-state index is -1.12. The number of ether oxygens (including phenoxy) is 3. The molecule has 53 heavy (non-hydrogen) atoms. The number of amides is 2. The summed E-state index contributed by atoms with van der Waals surface area (Å²) in [5.74, 6) is -0.924. The first-order valence-corrected chi connectivity index (χ1v) is 17.2. The van der Waals surface area contributed by atoms with Crippen molar-refractivity contribution in [1.82, 2.24) is 30.1 Å². The van der Waals surface area contributed by atoms with E-state index in [1.807, 2.05) is 19.9 Å². The van der Waals surface area contributed by atoms with Crippen LogP contribution in [0.2, 0.25) is 5.15 Å². The maximum atomic E-state index is 12.4. The molecule has 0 spiro atoms. The molecule has 0 radical (unpaired) electrons. The number of ketones is 1. The van der Waals surface area contributed by atoms with E-state index in [9.17, 15) is 24.3 Å². The van der Waals surface area contributed by atoms with E-state index in [4.69, 9.17) is 40.0 Å². The second-order valence-corrected chi connectivity index (χ2v) is 15.0. The average molecular weight is 761 g/mol. The van der Waals surface area contributed by atoms with Crippen molar-refractivity contribution in [1.29, 1.82) is 0 Å². The number of hydrogen-bond acceptors (Lipinski definition) is 14. The number of aromatic nitrogens is 4. The highest BCUT2D eigenvalue weighted by molar-refractivity contribution is 6.33. The molecule has 6 heterocycles. The zero-order valence-electron chi connectivity index (χ0n) is 31.1. The quantitative estimate of drug-likeness (QED) is 0.245. The highest BCUT2D eigenvalue weighted by atomic mass is 35.5. The molecule has 0 saturated carbocycles. The number of β-amino-alcohol motifs (C(OH)–C–C–N with tert-alkyl or cyclic N) is 1. The number of aryl methyl sites for hydroxylation is 2. The fourth-order valence-electron chi connectivity index (χ4n) is 5.53. The van der Waals surface area contributed by atoms with Gasteiger partial charge in [-0.3, -0.25) is 14.6 Å². The van der Waals surface area contributed by atoms with Crippen LogP contribution in [0.15, 0.2) is 33.6 Å². The number of aliphatic carboxylic acids is 1. The molecule has 2 aliphatic rings. The number of rotatable bonds is 4. The van der Waals surface area contributed by atoms with Gasteiger partial charge in [-0.05, 0) is 74.4 Å². The van der Waals surface area contributed by atoms with Gasteiger partial charge >= 0.3 is 18.2 Å². The van der Waals surface area contributed by atoms with Crippen LogP contribution in [-0.2, 0) is 19.1 Å². The molecule has 0 aromatic carbocycles. The Morgan fingerprint density at radius 3 is 1.83 bits per heavy atom. The van der Waals surface area contributed by atoms with Gasteiger partial charge in [0.15, 0.2) is 10.9 Å². The molecule has 0 unspecified atom stereocenters. The predicted molar refractivity (Wildman–Crippen MR) is 190 cm³/mol. The molecular weight excluding hydrogens is 716 g/mol. The Kier molecular flexibility index (Phi) is 12.5. The number of likely N-dealkylation sites (tertiary alicyclic amines) is 2. The number of pyridine rings is 2. The number of aliphatic hydroxyl groups is 1. The maximum absolute atomic E-state index is 12.4. The van der Waals surface area contributed by atoms with Gasteiger partial charge in [-0.25, -0.2) is 24.4 Å². The van der Waals surface area contributed by atoms with Crippen molar-refractivity contribution in [2.75, 3.05) is 13.1 Å². The van der Waals surface area contributed by atoms with Gasteiger partial charge in [-0.1, -0.05) is 21.9 Å². The van der Waals surface area contributed by atoms with Crippen molar-refractivity contribution in [2.24, 2.45) is 0 Å². The summed E-state index contributed by atoms with van der Waals surface area (Å²) in [4.78, 5) is 57.5. The van der Waals surface area contributed by atoms with Crippen LogP contribution in [0.3, 0.4) is 0 Å². The van der Waals surface area contributed by atoms with Crippen LogP contribution in [0, 0.1) is 13.8 Å². The molecule has 0 aliphatic carbocycles. The third-order valence-corrected chi connectivity index (χ3v) is 8.16. The summed E-state index contributed by atoms with van der Waals surface area (Å²) >= 11 is 5.73. The standard InChI is InChI=1S/C18H23N3O5.C10H17NO5.C7H5ClN2O/c1-10-13-6-7-19-16(15(13)26-20-10)24-12-8-14(11(2)22)21(9-12)17(23)25-18(3,4)5;1-10(2,3)16-9(15)11-5-6(12)4-7(11)8(13)14;1-4-5-2-3-9-7(8)6(5)11-10-4/h6-7,12,14H,8-9H2,1-5H3;6-7,12H,4-5H2,1-3H3,(H,13,14);2-3H,1H3/t12-,14+;6-,7+;/m11./s1. The minimum absolute atomic E-state index is 0.00583. The first-order chi connectivity index (χ1) is 24.6. The van der Waals surface area contributed by atoms with Gasteiger partial charge in [0.25, 0.3) is 5.88 Å². The van der Waals surface area contributed by atoms with Crippen LogP contribution in [0.4, 0.5) is 9.59 Å². The Balaban J connectivity index is 0.000000197. The van der Waals surface area contributed by atoms with Crippen LogP contribution in [0.1, 0.15) is 72.7 Å². The summed E-state index contributed by atoms with van der Waals surface area (Å²) in [7, 11) is 0. The number of carbonyl (C=O) groups is 4. The van der Waals surface area contributed by atoms with Crippen molar-refractivity contribution in [3.8, 4) is 5.88 Å². The van der Waals surface area contributed by atoms with Crippen molar-refractivity contribution < 1.29 is 52.6 Å². The van der Waals surface area contributed by atoms with Crippen molar-refractivity contribution in [2.45, 2.75) is 111 Å². The van der Waals surface area contributed by atoms with Gasteiger partial charge in [0.05, 0.1) is 42.0 Å². The summed E-state index contributed by atoms with van der Waals surface area (Å²) in [6, 6.07) is 2.05. The fourth-order valence-corrected chi connectivity index (χ4v) is 5.72. The number of Topliss-reactive ketones (excluding diaryl/α,β-unsaturated/α-hetero) is 1. The van der Waals surface area contributed by atoms with Crippen LogP contribution in [0.25, 0.3) is 21.9 Å². The summed E-state index contributed by atoms with van der Waals surface area (Å²) in [6.45, 7) is 15.9. The Morgan fingerprint density at radius 1 is 0.811 bits per heavy atom. The molecule has 2 amide bonds. The van der Waals surface area contributed by atoms with Crippen LogP contribution in [0.5, 0.6) is 5.88 Å². The highest BCUT2D eigenvalue weighted by Gasteiger charge is 2.42. The number of aliphatic hydroxyl groups excluding tert-OH is 1. The molecule has 2 aliphatic heterocycles. The van der Waals surface area contributed by atoms with Crippen LogP contribution in [-0.4, -0.2) is 113 Å². The van der Waals surface area contributed by atoms with Gasteiger partial charge in [-0.15, -0.1) is 0 Å². The van der Waals surface area contributed by atoms with Gasteiger partial charge < -0.3 is 33.5 Å².